The van der Waals surface area contributed by atoms with Crippen LogP contribution in [0.2, 0.25) is 0 Å². The van der Waals surface area contributed by atoms with Crippen molar-refractivity contribution in [3.63, 3.8) is 0 Å². The number of rotatable bonds is 4. The molecule has 0 aliphatic heterocycles. The van der Waals surface area contributed by atoms with Crippen molar-refractivity contribution < 1.29 is 0 Å². The number of fused-ring (bicyclic) bond motifs is 1. The van der Waals surface area contributed by atoms with E-state index in [1.54, 1.807) is 0 Å². The zero-order valence-electron chi connectivity index (χ0n) is 11.3. The molecular formula is C19H16S. The van der Waals surface area contributed by atoms with Crippen molar-refractivity contribution in [2.75, 3.05) is 0 Å². The molecular weight excluding hydrogens is 260 g/mol. The SMILES string of the molecule is C=Cc1cccc(CSc2cccc3ccccc23)c1. The Labute approximate surface area is 124 Å². The molecule has 0 fully saturated rings. The van der Waals surface area contributed by atoms with Gasteiger partial charge in [0.15, 0.2) is 0 Å². The molecule has 3 rings (SSSR count). The van der Waals surface area contributed by atoms with Crippen LogP contribution < -0.4 is 0 Å². The smallest absolute Gasteiger partial charge is 0.0232 e. The summed E-state index contributed by atoms with van der Waals surface area (Å²) in [5, 5.41) is 2.64. The molecule has 0 nitrogen and oxygen atoms in total. The fraction of sp³-hybridized carbons (Fsp3) is 0.0526. The van der Waals surface area contributed by atoms with Crippen LogP contribution >= 0.6 is 11.8 Å². The van der Waals surface area contributed by atoms with Crippen LogP contribution in [-0.2, 0) is 5.75 Å². The second-order valence-corrected chi connectivity index (χ2v) is 5.73. The predicted octanol–water partition coefficient (Wildman–Crippen LogP) is 5.78. The van der Waals surface area contributed by atoms with E-state index in [0.29, 0.717) is 0 Å². The summed E-state index contributed by atoms with van der Waals surface area (Å²) in [4.78, 5) is 1.34. The molecule has 0 spiro atoms. The largest absolute Gasteiger partial charge is 0.121 e. The third-order valence-electron chi connectivity index (χ3n) is 3.33. The van der Waals surface area contributed by atoms with Gasteiger partial charge < -0.3 is 0 Å². The maximum Gasteiger partial charge on any atom is 0.0232 e. The normalized spacial score (nSPS) is 10.6. The maximum absolute atomic E-state index is 3.82. The zero-order valence-corrected chi connectivity index (χ0v) is 12.1. The Morgan fingerprint density at radius 2 is 1.70 bits per heavy atom. The molecule has 98 valence electrons. The molecule has 0 saturated heterocycles. The fourth-order valence-electron chi connectivity index (χ4n) is 2.29. The summed E-state index contributed by atoms with van der Waals surface area (Å²) in [6, 6.07) is 23.6. The Kier molecular flexibility index (Phi) is 3.89. The van der Waals surface area contributed by atoms with Crippen LogP contribution in [0.25, 0.3) is 16.8 Å². The summed E-state index contributed by atoms with van der Waals surface area (Å²) in [5.41, 5.74) is 2.52. The number of hydrogen-bond donors (Lipinski definition) is 0. The van der Waals surface area contributed by atoms with Gasteiger partial charge in [0.2, 0.25) is 0 Å². The lowest BCUT2D eigenvalue weighted by Crippen LogP contribution is -1.83. The van der Waals surface area contributed by atoms with E-state index in [0.717, 1.165) is 5.75 Å². The van der Waals surface area contributed by atoms with Crippen molar-refractivity contribution in [1.29, 1.82) is 0 Å². The van der Waals surface area contributed by atoms with Gasteiger partial charge in [-0.15, -0.1) is 11.8 Å². The Hall–Kier alpha value is -1.99. The first-order valence-electron chi connectivity index (χ1n) is 6.69. The van der Waals surface area contributed by atoms with Crippen molar-refractivity contribution in [1.82, 2.24) is 0 Å². The molecule has 3 aromatic rings. The summed E-state index contributed by atoms with van der Waals surface area (Å²) in [5.74, 6) is 0.982. The zero-order chi connectivity index (χ0) is 13.8. The molecule has 0 aliphatic carbocycles. The number of hydrogen-bond acceptors (Lipinski definition) is 1. The molecule has 0 radical (unpaired) electrons. The Bertz CT molecular complexity index is 738. The lowest BCUT2D eigenvalue weighted by Gasteiger charge is -2.07. The molecule has 0 heterocycles. The third-order valence-corrected chi connectivity index (χ3v) is 4.48. The second-order valence-electron chi connectivity index (χ2n) is 4.72. The van der Waals surface area contributed by atoms with E-state index in [2.05, 4.69) is 73.3 Å². The Balaban J connectivity index is 1.84. The Morgan fingerprint density at radius 1 is 0.900 bits per heavy atom. The molecule has 0 amide bonds. The van der Waals surface area contributed by atoms with E-state index in [9.17, 15) is 0 Å². The summed E-state index contributed by atoms with van der Waals surface area (Å²) < 4.78 is 0. The van der Waals surface area contributed by atoms with E-state index in [4.69, 9.17) is 0 Å². The fourth-order valence-corrected chi connectivity index (χ4v) is 3.31. The maximum atomic E-state index is 3.82. The van der Waals surface area contributed by atoms with E-state index >= 15 is 0 Å². The minimum absolute atomic E-state index is 0.982. The molecule has 20 heavy (non-hydrogen) atoms. The predicted molar refractivity (Wildman–Crippen MR) is 90.0 cm³/mol. The average molecular weight is 276 g/mol. The van der Waals surface area contributed by atoms with Gasteiger partial charge in [-0.2, -0.15) is 0 Å². The quantitative estimate of drug-likeness (QED) is 0.545. The van der Waals surface area contributed by atoms with Gasteiger partial charge in [0, 0.05) is 10.6 Å². The molecule has 0 aliphatic rings. The van der Waals surface area contributed by atoms with Gasteiger partial charge >= 0.3 is 0 Å². The summed E-state index contributed by atoms with van der Waals surface area (Å²) in [6.07, 6.45) is 1.89. The first-order chi connectivity index (χ1) is 9.86. The monoisotopic (exact) mass is 276 g/mol. The van der Waals surface area contributed by atoms with Crippen molar-refractivity contribution in [2.24, 2.45) is 0 Å². The number of thioether (sulfide) groups is 1. The average Bonchev–Trinajstić information content (AvgIpc) is 2.53. The minimum atomic E-state index is 0.982. The van der Waals surface area contributed by atoms with Crippen molar-refractivity contribution in [3.05, 3.63) is 84.4 Å². The van der Waals surface area contributed by atoms with Crippen molar-refractivity contribution in [3.8, 4) is 0 Å². The highest BCUT2D eigenvalue weighted by Gasteiger charge is 2.02. The molecule has 0 N–H and O–H groups in total. The van der Waals surface area contributed by atoms with Crippen LogP contribution in [0.4, 0.5) is 0 Å². The highest BCUT2D eigenvalue weighted by Crippen LogP contribution is 2.30. The second kappa shape index (κ2) is 5.98. The summed E-state index contributed by atoms with van der Waals surface area (Å²) in [7, 11) is 0. The molecule has 0 saturated carbocycles. The standard InChI is InChI=1S/C19H16S/c1-2-15-7-5-8-16(13-15)14-20-19-12-6-10-17-9-3-4-11-18(17)19/h2-13H,1,14H2. The molecule has 0 atom stereocenters. The van der Waals surface area contributed by atoms with Gasteiger partial charge in [-0.1, -0.05) is 73.3 Å². The van der Waals surface area contributed by atoms with Crippen LogP contribution in [0.3, 0.4) is 0 Å². The molecule has 1 heteroatoms. The molecule has 0 unspecified atom stereocenters. The topological polar surface area (TPSA) is 0 Å². The Morgan fingerprint density at radius 3 is 2.60 bits per heavy atom. The van der Waals surface area contributed by atoms with Gasteiger partial charge in [0.25, 0.3) is 0 Å². The lowest BCUT2D eigenvalue weighted by molar-refractivity contribution is 1.39. The first-order valence-corrected chi connectivity index (χ1v) is 7.67. The van der Waals surface area contributed by atoms with E-state index < -0.39 is 0 Å². The van der Waals surface area contributed by atoms with Gasteiger partial charge in [-0.05, 0) is 28.0 Å². The number of benzene rings is 3. The van der Waals surface area contributed by atoms with Crippen LogP contribution in [0.1, 0.15) is 11.1 Å². The van der Waals surface area contributed by atoms with E-state index in [-0.39, 0.29) is 0 Å². The third kappa shape index (κ3) is 2.78. The van der Waals surface area contributed by atoms with Crippen LogP contribution in [0.15, 0.2) is 78.2 Å². The first kappa shape index (κ1) is 13.0. The van der Waals surface area contributed by atoms with Crippen LogP contribution in [0, 0.1) is 0 Å². The summed E-state index contributed by atoms with van der Waals surface area (Å²) >= 11 is 1.89. The molecule has 0 aromatic heterocycles. The van der Waals surface area contributed by atoms with Gasteiger partial charge in [-0.25, -0.2) is 0 Å². The van der Waals surface area contributed by atoms with Crippen LogP contribution in [-0.4, -0.2) is 0 Å². The van der Waals surface area contributed by atoms with Crippen molar-refractivity contribution in [2.45, 2.75) is 10.6 Å². The lowest BCUT2D eigenvalue weighted by atomic mass is 10.1. The molecule has 3 aromatic carbocycles. The molecule has 0 bridgehead atoms. The van der Waals surface area contributed by atoms with Gasteiger partial charge in [0.05, 0.1) is 0 Å². The van der Waals surface area contributed by atoms with Gasteiger partial charge in [0.1, 0.15) is 0 Å². The minimum Gasteiger partial charge on any atom is -0.121 e. The summed E-state index contributed by atoms with van der Waals surface area (Å²) in [6.45, 7) is 3.82. The van der Waals surface area contributed by atoms with E-state index in [1.165, 1.54) is 26.8 Å². The highest BCUT2D eigenvalue weighted by molar-refractivity contribution is 7.98. The van der Waals surface area contributed by atoms with Crippen LogP contribution in [0.5, 0.6) is 0 Å². The van der Waals surface area contributed by atoms with Crippen molar-refractivity contribution >= 4 is 28.6 Å². The van der Waals surface area contributed by atoms with Gasteiger partial charge in [-0.3, -0.25) is 0 Å². The highest BCUT2D eigenvalue weighted by atomic mass is 32.2. The van der Waals surface area contributed by atoms with E-state index in [1.807, 2.05) is 17.8 Å².